The van der Waals surface area contributed by atoms with Crippen LogP contribution in [0, 0.1) is 0 Å². The van der Waals surface area contributed by atoms with E-state index in [0.29, 0.717) is 18.3 Å². The van der Waals surface area contributed by atoms with Crippen LogP contribution in [0.2, 0.25) is 0 Å². The second-order valence-corrected chi connectivity index (χ2v) is 6.15. The molecule has 2 aromatic rings. The van der Waals surface area contributed by atoms with E-state index in [2.05, 4.69) is 20.4 Å². The lowest BCUT2D eigenvalue weighted by molar-refractivity contribution is 0.138. The number of carbonyl (C=O) groups excluding carboxylic acids is 1. The molecule has 0 spiro atoms. The van der Waals surface area contributed by atoms with Crippen molar-refractivity contribution in [3.05, 3.63) is 36.2 Å². The van der Waals surface area contributed by atoms with Crippen LogP contribution < -0.4 is 5.32 Å². The van der Waals surface area contributed by atoms with Gasteiger partial charge in [-0.1, -0.05) is 35.5 Å². The monoisotopic (exact) mass is 343 g/mol. The van der Waals surface area contributed by atoms with Gasteiger partial charge in [0.05, 0.1) is 0 Å². The number of hydrogen-bond donors (Lipinski definition) is 1. The normalized spacial score (nSPS) is 15.3. The van der Waals surface area contributed by atoms with Crippen molar-refractivity contribution < 1.29 is 9.32 Å². The molecule has 134 valence electrons. The van der Waals surface area contributed by atoms with E-state index in [9.17, 15) is 4.79 Å². The maximum atomic E-state index is 11.8. The summed E-state index contributed by atoms with van der Waals surface area (Å²) in [5.74, 6) is 1.32. The zero-order valence-corrected chi connectivity index (χ0v) is 14.6. The van der Waals surface area contributed by atoms with Crippen LogP contribution in [0.1, 0.15) is 19.2 Å². The van der Waals surface area contributed by atoms with E-state index < -0.39 is 0 Å². The number of carbonyl (C=O) groups is 1. The highest BCUT2D eigenvalue weighted by Gasteiger charge is 2.20. The summed E-state index contributed by atoms with van der Waals surface area (Å²) in [6.45, 7) is 6.98. The van der Waals surface area contributed by atoms with Crippen LogP contribution in [0.5, 0.6) is 0 Å². The maximum Gasteiger partial charge on any atom is 0.317 e. The minimum absolute atomic E-state index is 0.0430. The molecule has 1 aliphatic rings. The van der Waals surface area contributed by atoms with Gasteiger partial charge in [0.1, 0.15) is 0 Å². The van der Waals surface area contributed by atoms with Gasteiger partial charge >= 0.3 is 6.03 Å². The standard InChI is InChI=1S/C18H25N5O2/c1-2-19-18(24)23-13-11-22(12-14-23)10-6-9-16-20-17(21-25-16)15-7-4-3-5-8-15/h3-5,7-8H,2,6,9-14H2,1H3,(H,19,24). The summed E-state index contributed by atoms with van der Waals surface area (Å²) in [7, 11) is 0. The van der Waals surface area contributed by atoms with Crippen molar-refractivity contribution in [3.63, 3.8) is 0 Å². The van der Waals surface area contributed by atoms with Crippen molar-refractivity contribution in [2.75, 3.05) is 39.3 Å². The molecule has 1 aliphatic heterocycles. The molecule has 7 nitrogen and oxygen atoms in total. The summed E-state index contributed by atoms with van der Waals surface area (Å²) in [5, 5.41) is 6.90. The zero-order chi connectivity index (χ0) is 17.5. The summed E-state index contributed by atoms with van der Waals surface area (Å²) in [4.78, 5) is 20.5. The lowest BCUT2D eigenvalue weighted by Gasteiger charge is -2.34. The third-order valence-electron chi connectivity index (χ3n) is 4.35. The molecule has 1 aromatic carbocycles. The molecule has 7 heteroatoms. The molecule has 0 unspecified atom stereocenters. The van der Waals surface area contributed by atoms with Crippen LogP contribution in [-0.2, 0) is 6.42 Å². The van der Waals surface area contributed by atoms with Gasteiger partial charge in [0.15, 0.2) is 0 Å². The van der Waals surface area contributed by atoms with E-state index in [1.807, 2.05) is 42.2 Å². The quantitative estimate of drug-likeness (QED) is 0.868. The number of aromatic nitrogens is 2. The minimum atomic E-state index is 0.0430. The zero-order valence-electron chi connectivity index (χ0n) is 14.6. The van der Waals surface area contributed by atoms with Crippen molar-refractivity contribution in [3.8, 4) is 11.4 Å². The molecule has 2 heterocycles. The highest BCUT2D eigenvalue weighted by atomic mass is 16.5. The van der Waals surface area contributed by atoms with E-state index in [4.69, 9.17) is 4.52 Å². The van der Waals surface area contributed by atoms with Crippen molar-refractivity contribution in [2.45, 2.75) is 19.8 Å². The summed E-state index contributed by atoms with van der Waals surface area (Å²) >= 11 is 0. The number of aryl methyl sites for hydroxylation is 1. The fourth-order valence-corrected chi connectivity index (χ4v) is 2.95. The van der Waals surface area contributed by atoms with E-state index in [0.717, 1.165) is 51.1 Å². The smallest absolute Gasteiger partial charge is 0.317 e. The van der Waals surface area contributed by atoms with Crippen LogP contribution in [0.25, 0.3) is 11.4 Å². The lowest BCUT2D eigenvalue weighted by atomic mass is 10.2. The third-order valence-corrected chi connectivity index (χ3v) is 4.35. The van der Waals surface area contributed by atoms with Gasteiger partial charge in [0.2, 0.25) is 11.7 Å². The first-order valence-corrected chi connectivity index (χ1v) is 8.89. The Morgan fingerprint density at radius 3 is 2.68 bits per heavy atom. The van der Waals surface area contributed by atoms with Crippen molar-refractivity contribution in [1.82, 2.24) is 25.3 Å². The Balaban J connectivity index is 1.39. The molecule has 0 atom stereocenters. The molecule has 0 bridgehead atoms. The van der Waals surface area contributed by atoms with Gasteiger partial charge in [-0.25, -0.2) is 4.79 Å². The highest BCUT2D eigenvalue weighted by molar-refractivity contribution is 5.74. The highest BCUT2D eigenvalue weighted by Crippen LogP contribution is 2.15. The van der Waals surface area contributed by atoms with Crippen LogP contribution in [0.15, 0.2) is 34.9 Å². The largest absolute Gasteiger partial charge is 0.339 e. The first-order valence-electron chi connectivity index (χ1n) is 8.89. The summed E-state index contributed by atoms with van der Waals surface area (Å²) in [5.41, 5.74) is 0.971. The van der Waals surface area contributed by atoms with E-state index in [-0.39, 0.29) is 6.03 Å². The topological polar surface area (TPSA) is 74.5 Å². The fraction of sp³-hybridized carbons (Fsp3) is 0.500. The number of nitrogens with one attached hydrogen (secondary N) is 1. The summed E-state index contributed by atoms with van der Waals surface area (Å²) in [6, 6.07) is 9.89. The van der Waals surface area contributed by atoms with Gasteiger partial charge < -0.3 is 14.7 Å². The first kappa shape index (κ1) is 17.4. The van der Waals surface area contributed by atoms with Gasteiger partial charge in [-0.2, -0.15) is 4.98 Å². The van der Waals surface area contributed by atoms with Crippen molar-refractivity contribution in [2.24, 2.45) is 0 Å². The van der Waals surface area contributed by atoms with Gasteiger partial charge in [-0.15, -0.1) is 0 Å². The predicted molar refractivity (Wildman–Crippen MR) is 95.1 cm³/mol. The minimum Gasteiger partial charge on any atom is -0.339 e. The van der Waals surface area contributed by atoms with E-state index >= 15 is 0 Å². The molecular formula is C18H25N5O2. The molecule has 1 aromatic heterocycles. The Bertz CT molecular complexity index is 665. The maximum absolute atomic E-state index is 11.8. The van der Waals surface area contributed by atoms with Crippen molar-refractivity contribution in [1.29, 1.82) is 0 Å². The Labute approximate surface area is 148 Å². The van der Waals surface area contributed by atoms with Gasteiger partial charge in [0.25, 0.3) is 0 Å². The fourth-order valence-electron chi connectivity index (χ4n) is 2.95. The molecule has 0 aliphatic carbocycles. The number of benzene rings is 1. The van der Waals surface area contributed by atoms with Gasteiger partial charge in [0, 0.05) is 44.7 Å². The molecule has 2 amide bonds. The Hall–Kier alpha value is -2.41. The Kier molecular flexibility index (Phi) is 6.00. The number of amides is 2. The molecule has 1 N–H and O–H groups in total. The van der Waals surface area contributed by atoms with Gasteiger partial charge in [-0.05, 0) is 19.9 Å². The van der Waals surface area contributed by atoms with Crippen LogP contribution in [0.3, 0.4) is 0 Å². The second kappa shape index (κ2) is 8.62. The van der Waals surface area contributed by atoms with Crippen molar-refractivity contribution >= 4 is 6.03 Å². The third kappa shape index (κ3) is 4.79. The van der Waals surface area contributed by atoms with Crippen LogP contribution >= 0.6 is 0 Å². The predicted octanol–water partition coefficient (Wildman–Crippen LogP) is 2.02. The first-order chi connectivity index (χ1) is 12.3. The summed E-state index contributed by atoms with van der Waals surface area (Å²) in [6.07, 6.45) is 1.74. The second-order valence-electron chi connectivity index (χ2n) is 6.15. The van der Waals surface area contributed by atoms with Crippen LogP contribution in [0.4, 0.5) is 4.79 Å². The SMILES string of the molecule is CCNC(=O)N1CCN(CCCc2nc(-c3ccccc3)no2)CC1. The molecule has 25 heavy (non-hydrogen) atoms. The molecule has 0 saturated carbocycles. The van der Waals surface area contributed by atoms with Crippen LogP contribution in [-0.4, -0.2) is 65.2 Å². The average Bonchev–Trinajstić information content (AvgIpc) is 3.12. The van der Waals surface area contributed by atoms with E-state index in [1.165, 1.54) is 0 Å². The molecular weight excluding hydrogens is 318 g/mol. The molecule has 0 radical (unpaired) electrons. The van der Waals surface area contributed by atoms with E-state index in [1.54, 1.807) is 0 Å². The Morgan fingerprint density at radius 1 is 1.20 bits per heavy atom. The van der Waals surface area contributed by atoms with Gasteiger partial charge in [-0.3, -0.25) is 4.90 Å². The molecule has 3 rings (SSSR count). The Morgan fingerprint density at radius 2 is 1.96 bits per heavy atom. The molecule has 1 fully saturated rings. The number of urea groups is 1. The number of nitrogens with zero attached hydrogens (tertiary/aromatic N) is 4. The summed E-state index contributed by atoms with van der Waals surface area (Å²) < 4.78 is 5.34. The number of hydrogen-bond acceptors (Lipinski definition) is 5. The number of rotatable bonds is 6. The average molecular weight is 343 g/mol. The number of piperazine rings is 1. The molecule has 1 saturated heterocycles. The lowest BCUT2D eigenvalue weighted by Crippen LogP contribution is -2.51.